The molecule has 152 valence electrons. The molecule has 1 aromatic rings. The number of rotatable bonds is 7. The first kappa shape index (κ1) is 20.5. The fourth-order valence-electron chi connectivity index (χ4n) is 3.50. The molecule has 8 heteroatoms. The zero-order valence-electron chi connectivity index (χ0n) is 16.0. The van der Waals surface area contributed by atoms with Gasteiger partial charge in [0.25, 0.3) is 5.91 Å². The number of hydrogen-bond acceptors (Lipinski definition) is 6. The third-order valence-corrected chi connectivity index (χ3v) is 6.20. The van der Waals surface area contributed by atoms with E-state index in [0.29, 0.717) is 18.1 Å². The second-order valence-corrected chi connectivity index (χ2v) is 8.07. The Kier molecular flexibility index (Phi) is 7.19. The molecule has 1 fully saturated rings. The van der Waals surface area contributed by atoms with Gasteiger partial charge in [-0.2, -0.15) is 0 Å². The fourth-order valence-corrected chi connectivity index (χ4v) is 4.92. The predicted molar refractivity (Wildman–Crippen MR) is 105 cm³/mol. The van der Waals surface area contributed by atoms with Gasteiger partial charge in [0.05, 0.1) is 6.26 Å². The number of allylic oxidation sites excluding steroid dienone is 1. The highest BCUT2D eigenvalue weighted by atomic mass is 32.2. The Morgan fingerprint density at radius 1 is 1.36 bits per heavy atom. The van der Waals surface area contributed by atoms with Crippen LogP contribution in [0.5, 0.6) is 0 Å². The monoisotopic (exact) mass is 406 g/mol. The normalized spacial score (nSPS) is 21.9. The van der Waals surface area contributed by atoms with Gasteiger partial charge in [0.1, 0.15) is 17.2 Å². The Morgan fingerprint density at radius 3 is 2.89 bits per heavy atom. The number of ether oxygens (including phenoxy) is 1. The molecule has 0 saturated carbocycles. The van der Waals surface area contributed by atoms with E-state index in [2.05, 4.69) is 11.4 Å². The third-order valence-electron chi connectivity index (χ3n) is 4.92. The first-order valence-electron chi connectivity index (χ1n) is 9.61. The van der Waals surface area contributed by atoms with Crippen molar-refractivity contribution in [2.75, 3.05) is 18.9 Å². The lowest BCUT2D eigenvalue weighted by Gasteiger charge is -2.25. The molecule has 0 radical (unpaired) electrons. The number of nitrogens with zero attached hydrogens (tertiary/aromatic N) is 1. The van der Waals surface area contributed by atoms with Crippen LogP contribution in [0.4, 0.5) is 0 Å². The lowest BCUT2D eigenvalue weighted by molar-refractivity contribution is -0.156. The molecule has 1 aliphatic carbocycles. The van der Waals surface area contributed by atoms with Crippen molar-refractivity contribution < 1.29 is 23.5 Å². The van der Waals surface area contributed by atoms with Crippen LogP contribution in [0.3, 0.4) is 0 Å². The van der Waals surface area contributed by atoms with Gasteiger partial charge in [-0.05, 0) is 44.2 Å². The molecular weight excluding hydrogens is 380 g/mol. The molecule has 3 rings (SSSR count). The van der Waals surface area contributed by atoms with Gasteiger partial charge >= 0.3 is 5.97 Å². The maximum Gasteiger partial charge on any atom is 0.330 e. The first-order chi connectivity index (χ1) is 13.6. The summed E-state index contributed by atoms with van der Waals surface area (Å²) in [5.74, 6) is -0.113. The maximum atomic E-state index is 12.5. The van der Waals surface area contributed by atoms with E-state index in [-0.39, 0.29) is 23.8 Å². The number of carbonyl (C=O) groups excluding carboxylic acids is 3. The number of hydrogen-bond donors (Lipinski definition) is 1. The van der Waals surface area contributed by atoms with Crippen LogP contribution in [0.2, 0.25) is 0 Å². The summed E-state index contributed by atoms with van der Waals surface area (Å²) in [6, 6.07) is 2.79. The summed E-state index contributed by atoms with van der Waals surface area (Å²) in [4.78, 5) is 37.9. The molecule has 2 atom stereocenters. The summed E-state index contributed by atoms with van der Waals surface area (Å²) in [7, 11) is 0. The van der Waals surface area contributed by atoms with Gasteiger partial charge in [-0.15, -0.1) is 11.8 Å². The second-order valence-electron chi connectivity index (χ2n) is 6.96. The summed E-state index contributed by atoms with van der Waals surface area (Å²) in [6.45, 7) is 1.62. The Labute approximate surface area is 168 Å². The van der Waals surface area contributed by atoms with Crippen molar-refractivity contribution in [2.45, 2.75) is 50.4 Å². The van der Waals surface area contributed by atoms with Crippen LogP contribution < -0.4 is 5.32 Å². The number of amides is 2. The maximum absolute atomic E-state index is 12.5. The summed E-state index contributed by atoms with van der Waals surface area (Å²) in [5, 5.41) is 2.42. The van der Waals surface area contributed by atoms with Gasteiger partial charge in [0.15, 0.2) is 6.61 Å². The van der Waals surface area contributed by atoms with Gasteiger partial charge in [0, 0.05) is 19.2 Å². The van der Waals surface area contributed by atoms with Gasteiger partial charge in [0.2, 0.25) is 5.91 Å². The Morgan fingerprint density at radius 2 is 2.21 bits per heavy atom. The average Bonchev–Trinajstić information content (AvgIpc) is 3.36. The Hall–Kier alpha value is -2.22. The van der Waals surface area contributed by atoms with E-state index in [1.54, 1.807) is 12.1 Å². The molecule has 2 aliphatic rings. The minimum Gasteiger partial charge on any atom is -0.466 e. The third kappa shape index (κ3) is 5.19. The summed E-state index contributed by atoms with van der Waals surface area (Å²) >= 11 is 1.44. The lowest BCUT2D eigenvalue weighted by atomic mass is 9.97. The largest absolute Gasteiger partial charge is 0.466 e. The summed E-state index contributed by atoms with van der Waals surface area (Å²) in [5.41, 5.74) is 1.38. The topological polar surface area (TPSA) is 88.8 Å². The lowest BCUT2D eigenvalue weighted by Crippen LogP contribution is -2.43. The van der Waals surface area contributed by atoms with E-state index >= 15 is 0 Å². The van der Waals surface area contributed by atoms with Crippen molar-refractivity contribution in [3.05, 3.63) is 35.8 Å². The van der Waals surface area contributed by atoms with Crippen molar-refractivity contribution in [2.24, 2.45) is 0 Å². The molecule has 1 aliphatic heterocycles. The van der Waals surface area contributed by atoms with E-state index in [9.17, 15) is 14.4 Å². The van der Waals surface area contributed by atoms with Crippen LogP contribution in [0.25, 0.3) is 0 Å². The average molecular weight is 407 g/mol. The van der Waals surface area contributed by atoms with Crippen molar-refractivity contribution in [1.29, 1.82) is 0 Å². The van der Waals surface area contributed by atoms with Gasteiger partial charge in [-0.25, -0.2) is 4.79 Å². The van der Waals surface area contributed by atoms with E-state index < -0.39 is 12.0 Å². The SMILES string of the molecule is CC(=O)N1[C@@H](C(=O)OCC(=O)NCCC2=CCCCC2)CS[C@H]1c1ccco1. The summed E-state index contributed by atoms with van der Waals surface area (Å²) in [6.07, 6.45) is 9.29. The standard InChI is InChI=1S/C20H26N2O5S/c1-14(23)22-16(13-28-19(22)17-8-5-11-26-17)20(25)27-12-18(24)21-10-9-15-6-3-2-4-7-15/h5-6,8,11,16,19H,2-4,7,9-10,12-13H2,1H3,(H,21,24)/t16-,19+/m1/s1. The molecular formula is C20H26N2O5S. The van der Waals surface area contributed by atoms with Crippen molar-refractivity contribution in [3.63, 3.8) is 0 Å². The Bertz CT molecular complexity index is 731. The molecule has 0 spiro atoms. The molecule has 2 amide bonds. The van der Waals surface area contributed by atoms with E-state index in [0.717, 1.165) is 19.3 Å². The van der Waals surface area contributed by atoms with Gasteiger partial charge in [-0.1, -0.05) is 11.6 Å². The molecule has 1 N–H and O–H groups in total. The molecule has 0 aromatic carbocycles. The van der Waals surface area contributed by atoms with E-state index in [4.69, 9.17) is 9.15 Å². The zero-order valence-corrected chi connectivity index (χ0v) is 16.8. The van der Waals surface area contributed by atoms with E-state index in [1.807, 2.05) is 0 Å². The molecule has 0 unspecified atom stereocenters. The molecule has 1 saturated heterocycles. The van der Waals surface area contributed by atoms with Crippen LogP contribution in [0, 0.1) is 0 Å². The van der Waals surface area contributed by atoms with Crippen LogP contribution in [0.15, 0.2) is 34.5 Å². The highest BCUT2D eigenvalue weighted by Gasteiger charge is 2.43. The summed E-state index contributed by atoms with van der Waals surface area (Å²) < 4.78 is 10.6. The molecule has 1 aromatic heterocycles. The van der Waals surface area contributed by atoms with Crippen LogP contribution in [0.1, 0.15) is 50.2 Å². The Balaban J connectivity index is 1.45. The minimum absolute atomic E-state index is 0.237. The second kappa shape index (κ2) is 9.82. The first-order valence-corrected chi connectivity index (χ1v) is 10.7. The number of esters is 1. The van der Waals surface area contributed by atoms with Crippen LogP contribution >= 0.6 is 11.8 Å². The molecule has 28 heavy (non-hydrogen) atoms. The van der Waals surface area contributed by atoms with Crippen LogP contribution in [-0.4, -0.2) is 47.6 Å². The molecule has 7 nitrogen and oxygen atoms in total. The molecule has 2 heterocycles. The van der Waals surface area contributed by atoms with Crippen LogP contribution in [-0.2, 0) is 19.1 Å². The zero-order chi connectivity index (χ0) is 19.9. The molecule has 0 bridgehead atoms. The predicted octanol–water partition coefficient (Wildman–Crippen LogP) is 2.79. The minimum atomic E-state index is -0.724. The highest BCUT2D eigenvalue weighted by Crippen LogP contribution is 2.41. The number of furan rings is 1. The number of nitrogens with one attached hydrogen (secondary N) is 1. The number of carbonyl (C=O) groups is 3. The fraction of sp³-hybridized carbons (Fsp3) is 0.550. The highest BCUT2D eigenvalue weighted by molar-refractivity contribution is 7.99. The van der Waals surface area contributed by atoms with Crippen molar-refractivity contribution in [1.82, 2.24) is 10.2 Å². The van der Waals surface area contributed by atoms with Crippen molar-refractivity contribution >= 4 is 29.5 Å². The number of thioether (sulfide) groups is 1. The quantitative estimate of drug-likeness (QED) is 0.553. The van der Waals surface area contributed by atoms with Crippen molar-refractivity contribution in [3.8, 4) is 0 Å². The van der Waals surface area contributed by atoms with Gasteiger partial charge in [-0.3, -0.25) is 9.59 Å². The van der Waals surface area contributed by atoms with Gasteiger partial charge < -0.3 is 19.4 Å². The van der Waals surface area contributed by atoms with E-state index in [1.165, 1.54) is 48.3 Å². The smallest absolute Gasteiger partial charge is 0.330 e.